The van der Waals surface area contributed by atoms with Gasteiger partial charge in [0, 0.05) is 31.2 Å². The molecule has 2 aliphatic rings. The highest BCUT2D eigenvalue weighted by Crippen LogP contribution is 2.25. The summed E-state index contributed by atoms with van der Waals surface area (Å²) in [6.07, 6.45) is 6.66. The molecule has 0 saturated carbocycles. The van der Waals surface area contributed by atoms with Crippen LogP contribution in [0, 0.1) is 11.7 Å². The van der Waals surface area contributed by atoms with Gasteiger partial charge in [0.25, 0.3) is 0 Å². The molecule has 0 bridgehead atoms. The van der Waals surface area contributed by atoms with Crippen molar-refractivity contribution >= 4 is 17.3 Å². The molecule has 3 rings (SSSR count). The molecule has 1 aromatic rings. The first-order valence-corrected chi connectivity index (χ1v) is 10.5. The van der Waals surface area contributed by atoms with Gasteiger partial charge in [0.1, 0.15) is 5.82 Å². The van der Waals surface area contributed by atoms with Gasteiger partial charge in [-0.05, 0) is 57.5 Å². The molecule has 0 aliphatic carbocycles. The number of halogens is 1. The van der Waals surface area contributed by atoms with E-state index in [4.69, 9.17) is 4.74 Å². The highest BCUT2D eigenvalue weighted by Gasteiger charge is 2.25. The van der Waals surface area contributed by atoms with E-state index < -0.39 is 0 Å². The number of anilines is 2. The second-order valence-electron chi connectivity index (χ2n) is 7.69. The number of hydrogen-bond acceptors (Lipinski definition) is 4. The molecule has 2 saturated heterocycles. The number of benzene rings is 1. The van der Waals surface area contributed by atoms with Gasteiger partial charge in [0.05, 0.1) is 18.9 Å². The van der Waals surface area contributed by atoms with E-state index in [1.54, 1.807) is 12.1 Å². The van der Waals surface area contributed by atoms with E-state index in [-0.39, 0.29) is 17.6 Å². The van der Waals surface area contributed by atoms with Crippen molar-refractivity contribution in [2.45, 2.75) is 26.2 Å². The number of piperidine rings is 1. The topological polar surface area (TPSA) is 44.8 Å². The standard InChI is InChI=1S/C23H32FN3O2/c1-3-18(4-2)7-10-26-11-8-19(9-12-26)23(28)25-20-5-6-22(21(24)17-20)27-13-15-29-16-14-27/h3-6,17,19H,1,7-16H2,2H3,(H,25,28)/b18-4+. The summed E-state index contributed by atoms with van der Waals surface area (Å²) in [7, 11) is 0. The van der Waals surface area contributed by atoms with Crippen molar-refractivity contribution in [2.24, 2.45) is 5.92 Å². The van der Waals surface area contributed by atoms with Gasteiger partial charge < -0.3 is 19.9 Å². The van der Waals surface area contributed by atoms with Crippen LogP contribution in [0.15, 0.2) is 42.5 Å². The second kappa shape index (κ2) is 10.6. The summed E-state index contributed by atoms with van der Waals surface area (Å²) in [5.41, 5.74) is 2.35. The molecule has 6 heteroatoms. The van der Waals surface area contributed by atoms with Crippen LogP contribution in [0.4, 0.5) is 15.8 Å². The third-order valence-corrected chi connectivity index (χ3v) is 5.88. The van der Waals surface area contributed by atoms with Crippen LogP contribution < -0.4 is 10.2 Å². The third-order valence-electron chi connectivity index (χ3n) is 5.88. The normalized spacial score (nSPS) is 19.2. The molecular formula is C23H32FN3O2. The van der Waals surface area contributed by atoms with Crippen LogP contribution in [0.2, 0.25) is 0 Å². The summed E-state index contributed by atoms with van der Waals surface area (Å²) >= 11 is 0. The average Bonchev–Trinajstić information content (AvgIpc) is 2.75. The smallest absolute Gasteiger partial charge is 0.227 e. The fraction of sp³-hybridized carbons (Fsp3) is 0.522. The number of allylic oxidation sites excluding steroid dienone is 2. The Morgan fingerprint density at radius 2 is 2.00 bits per heavy atom. The molecule has 0 atom stereocenters. The van der Waals surface area contributed by atoms with Gasteiger partial charge >= 0.3 is 0 Å². The van der Waals surface area contributed by atoms with Crippen LogP contribution in [-0.2, 0) is 9.53 Å². The minimum absolute atomic E-state index is 0.0107. The average molecular weight is 402 g/mol. The molecule has 0 radical (unpaired) electrons. The number of carbonyl (C=O) groups is 1. The fourth-order valence-corrected chi connectivity index (χ4v) is 3.96. The molecule has 0 spiro atoms. The zero-order valence-corrected chi connectivity index (χ0v) is 17.3. The molecule has 2 heterocycles. The zero-order chi connectivity index (χ0) is 20.6. The van der Waals surface area contributed by atoms with E-state index in [1.807, 2.05) is 17.9 Å². The molecule has 2 fully saturated rings. The second-order valence-corrected chi connectivity index (χ2v) is 7.69. The molecule has 1 aromatic carbocycles. The van der Waals surface area contributed by atoms with E-state index in [0.29, 0.717) is 37.7 Å². The summed E-state index contributed by atoms with van der Waals surface area (Å²) in [4.78, 5) is 17.0. The lowest BCUT2D eigenvalue weighted by Gasteiger charge is -2.31. The van der Waals surface area contributed by atoms with Crippen LogP contribution in [0.5, 0.6) is 0 Å². The number of rotatable bonds is 7. The number of nitrogens with one attached hydrogen (secondary N) is 1. The Morgan fingerprint density at radius 1 is 1.28 bits per heavy atom. The number of morpholine rings is 1. The van der Waals surface area contributed by atoms with Crippen molar-refractivity contribution in [3.63, 3.8) is 0 Å². The maximum Gasteiger partial charge on any atom is 0.227 e. The number of ether oxygens (including phenoxy) is 1. The quantitative estimate of drug-likeness (QED) is 0.705. The van der Waals surface area contributed by atoms with Gasteiger partial charge in [-0.1, -0.05) is 24.3 Å². The first-order chi connectivity index (χ1) is 14.1. The van der Waals surface area contributed by atoms with Crippen LogP contribution in [-0.4, -0.2) is 56.7 Å². The highest BCUT2D eigenvalue weighted by atomic mass is 19.1. The van der Waals surface area contributed by atoms with Crippen LogP contribution >= 0.6 is 0 Å². The predicted octanol–water partition coefficient (Wildman–Crippen LogP) is 3.84. The van der Waals surface area contributed by atoms with Gasteiger partial charge in [-0.3, -0.25) is 4.79 Å². The van der Waals surface area contributed by atoms with E-state index in [0.717, 1.165) is 38.9 Å². The van der Waals surface area contributed by atoms with Gasteiger partial charge in [0.15, 0.2) is 0 Å². The van der Waals surface area contributed by atoms with Crippen molar-refractivity contribution in [2.75, 3.05) is 56.2 Å². The van der Waals surface area contributed by atoms with Gasteiger partial charge in [0.2, 0.25) is 5.91 Å². The van der Waals surface area contributed by atoms with Gasteiger partial charge in [-0.25, -0.2) is 4.39 Å². The van der Waals surface area contributed by atoms with E-state index >= 15 is 0 Å². The molecule has 0 aromatic heterocycles. The molecule has 1 amide bonds. The predicted molar refractivity (Wildman–Crippen MR) is 116 cm³/mol. The van der Waals surface area contributed by atoms with Crippen LogP contribution in [0.1, 0.15) is 26.2 Å². The van der Waals surface area contributed by atoms with Crippen molar-refractivity contribution in [1.82, 2.24) is 4.90 Å². The largest absolute Gasteiger partial charge is 0.378 e. The van der Waals surface area contributed by atoms with Crippen molar-refractivity contribution in [3.05, 3.63) is 48.3 Å². The number of likely N-dealkylation sites (tertiary alicyclic amines) is 1. The molecule has 0 unspecified atom stereocenters. The lowest BCUT2D eigenvalue weighted by Crippen LogP contribution is -2.38. The lowest BCUT2D eigenvalue weighted by molar-refractivity contribution is -0.121. The van der Waals surface area contributed by atoms with Crippen molar-refractivity contribution in [1.29, 1.82) is 0 Å². The minimum Gasteiger partial charge on any atom is -0.378 e. The summed E-state index contributed by atoms with van der Waals surface area (Å²) in [5, 5.41) is 2.90. The third kappa shape index (κ3) is 5.90. The molecule has 158 valence electrons. The number of carbonyl (C=O) groups excluding carboxylic acids is 1. The van der Waals surface area contributed by atoms with Crippen molar-refractivity contribution < 1.29 is 13.9 Å². The van der Waals surface area contributed by atoms with Gasteiger partial charge in [-0.15, -0.1) is 0 Å². The van der Waals surface area contributed by atoms with Crippen molar-refractivity contribution in [3.8, 4) is 0 Å². The Kier molecular flexibility index (Phi) is 7.83. The fourth-order valence-electron chi connectivity index (χ4n) is 3.96. The minimum atomic E-state index is -0.304. The first kappa shape index (κ1) is 21.5. The van der Waals surface area contributed by atoms with Gasteiger partial charge in [-0.2, -0.15) is 0 Å². The van der Waals surface area contributed by atoms with E-state index in [1.165, 1.54) is 11.6 Å². The van der Waals surface area contributed by atoms with E-state index in [2.05, 4.69) is 22.9 Å². The number of hydrogen-bond donors (Lipinski definition) is 1. The summed E-state index contributed by atoms with van der Waals surface area (Å²) in [5.74, 6) is -0.334. The zero-order valence-electron chi connectivity index (χ0n) is 17.3. The molecule has 1 N–H and O–H groups in total. The maximum absolute atomic E-state index is 14.5. The lowest BCUT2D eigenvalue weighted by atomic mass is 9.95. The number of amides is 1. The Labute approximate surface area is 173 Å². The first-order valence-electron chi connectivity index (χ1n) is 10.5. The van der Waals surface area contributed by atoms with Crippen LogP contribution in [0.3, 0.4) is 0 Å². The Balaban J connectivity index is 1.48. The SMILES string of the molecule is C=C/C(=C\C)CCN1CCC(C(=O)Nc2ccc(N3CCOCC3)c(F)c2)CC1. The number of nitrogens with zero attached hydrogens (tertiary/aromatic N) is 2. The maximum atomic E-state index is 14.5. The Morgan fingerprint density at radius 3 is 2.62 bits per heavy atom. The molecule has 29 heavy (non-hydrogen) atoms. The summed E-state index contributed by atoms with van der Waals surface area (Å²) in [6.45, 7) is 11.3. The molecule has 2 aliphatic heterocycles. The highest BCUT2D eigenvalue weighted by molar-refractivity contribution is 5.92. The Hall–Kier alpha value is -2.18. The summed E-state index contributed by atoms with van der Waals surface area (Å²) < 4.78 is 19.9. The monoisotopic (exact) mass is 401 g/mol. The van der Waals surface area contributed by atoms with E-state index in [9.17, 15) is 9.18 Å². The van der Waals surface area contributed by atoms with Crippen LogP contribution in [0.25, 0.3) is 0 Å². The summed E-state index contributed by atoms with van der Waals surface area (Å²) in [6, 6.07) is 4.96. The molecule has 5 nitrogen and oxygen atoms in total. The molecular weight excluding hydrogens is 369 g/mol. The Bertz CT molecular complexity index is 736.